The average molecular weight is 297 g/mol. The molecule has 21 heavy (non-hydrogen) atoms. The first-order valence-corrected chi connectivity index (χ1v) is 7.18. The number of methoxy groups -OCH3 is 1. The molecule has 6 heteroatoms. The topological polar surface area (TPSA) is 73.9 Å². The van der Waals surface area contributed by atoms with Crippen LogP contribution >= 0.6 is 0 Å². The first-order chi connectivity index (χ1) is 10.1. The lowest BCUT2D eigenvalue weighted by atomic mass is 10.0. The number of esters is 1. The van der Waals surface area contributed by atoms with Gasteiger partial charge in [0.2, 0.25) is 0 Å². The van der Waals surface area contributed by atoms with Crippen LogP contribution in [0.2, 0.25) is 0 Å². The second-order valence-electron chi connectivity index (χ2n) is 4.91. The van der Waals surface area contributed by atoms with E-state index in [1.807, 2.05) is 0 Å². The molecule has 1 unspecified atom stereocenters. The zero-order chi connectivity index (χ0) is 15.7. The molecule has 1 aliphatic rings. The van der Waals surface area contributed by atoms with Crippen molar-refractivity contribution in [2.24, 2.45) is 5.92 Å². The zero-order valence-electron chi connectivity index (χ0n) is 12.6. The Morgan fingerprint density at radius 3 is 2.62 bits per heavy atom. The Balaban J connectivity index is 2.51. The quantitative estimate of drug-likeness (QED) is 0.515. The standard InChI is InChI=1S/C15H23NO5/c1-4-10-21-13(11-6-7-11)9-8-12(14(17)20-5-2)16-15(18)19-3/h1,11-13H,5-10H2,2-3H3,(H,16,18)/t12?,13-/m1/s1. The molecule has 1 fully saturated rings. The van der Waals surface area contributed by atoms with Crippen LogP contribution in [0.25, 0.3) is 0 Å². The van der Waals surface area contributed by atoms with Gasteiger partial charge in [-0.25, -0.2) is 9.59 Å². The molecule has 0 saturated heterocycles. The number of hydrogen-bond acceptors (Lipinski definition) is 5. The molecule has 0 radical (unpaired) electrons. The van der Waals surface area contributed by atoms with Gasteiger partial charge < -0.3 is 19.5 Å². The van der Waals surface area contributed by atoms with Crippen molar-refractivity contribution in [3.05, 3.63) is 0 Å². The van der Waals surface area contributed by atoms with Crippen LogP contribution in [0, 0.1) is 18.3 Å². The summed E-state index contributed by atoms with van der Waals surface area (Å²) >= 11 is 0. The minimum absolute atomic E-state index is 0.0254. The highest BCUT2D eigenvalue weighted by atomic mass is 16.5. The summed E-state index contributed by atoms with van der Waals surface area (Å²) in [6, 6.07) is -0.729. The number of rotatable bonds is 9. The predicted molar refractivity (Wildman–Crippen MR) is 76.5 cm³/mol. The number of carbonyl (C=O) groups is 2. The lowest BCUT2D eigenvalue weighted by molar-refractivity contribution is -0.145. The van der Waals surface area contributed by atoms with E-state index in [2.05, 4.69) is 16.0 Å². The Kier molecular flexibility index (Phi) is 7.62. The summed E-state index contributed by atoms with van der Waals surface area (Å²) in [6.07, 6.45) is 7.87. The molecule has 0 spiro atoms. The molecule has 2 atom stereocenters. The summed E-state index contributed by atoms with van der Waals surface area (Å²) < 4.78 is 15.1. The number of nitrogens with one attached hydrogen (secondary N) is 1. The number of amides is 1. The van der Waals surface area contributed by atoms with Crippen LogP contribution in [0.15, 0.2) is 0 Å². The molecule has 0 aromatic rings. The van der Waals surface area contributed by atoms with Crippen molar-refractivity contribution in [3.63, 3.8) is 0 Å². The maximum Gasteiger partial charge on any atom is 0.407 e. The summed E-state index contributed by atoms with van der Waals surface area (Å²) in [7, 11) is 1.25. The molecule has 0 heterocycles. The van der Waals surface area contributed by atoms with Gasteiger partial charge >= 0.3 is 12.1 Å². The molecule has 1 saturated carbocycles. The van der Waals surface area contributed by atoms with Crippen LogP contribution in [0.3, 0.4) is 0 Å². The fraction of sp³-hybridized carbons (Fsp3) is 0.733. The van der Waals surface area contributed by atoms with E-state index in [0.717, 1.165) is 12.8 Å². The van der Waals surface area contributed by atoms with Gasteiger partial charge in [-0.3, -0.25) is 0 Å². The number of alkyl carbamates (subject to hydrolysis) is 1. The maximum absolute atomic E-state index is 11.8. The van der Waals surface area contributed by atoms with Gasteiger partial charge in [0.25, 0.3) is 0 Å². The Bertz CT molecular complexity index is 386. The van der Waals surface area contributed by atoms with E-state index in [1.165, 1.54) is 7.11 Å². The number of ether oxygens (including phenoxy) is 3. The highest BCUT2D eigenvalue weighted by Crippen LogP contribution is 2.36. The first kappa shape index (κ1) is 17.3. The molecule has 0 aromatic heterocycles. The third-order valence-electron chi connectivity index (χ3n) is 3.32. The van der Waals surface area contributed by atoms with Crippen LogP contribution in [0.5, 0.6) is 0 Å². The van der Waals surface area contributed by atoms with Gasteiger partial charge in [-0.2, -0.15) is 0 Å². The van der Waals surface area contributed by atoms with E-state index in [9.17, 15) is 9.59 Å². The molecule has 1 N–H and O–H groups in total. The number of carbonyl (C=O) groups excluding carboxylic acids is 2. The molecular weight excluding hydrogens is 274 g/mol. The van der Waals surface area contributed by atoms with Crippen molar-refractivity contribution >= 4 is 12.1 Å². The van der Waals surface area contributed by atoms with E-state index >= 15 is 0 Å². The lowest BCUT2D eigenvalue weighted by Gasteiger charge is -2.20. The van der Waals surface area contributed by atoms with Crippen LogP contribution < -0.4 is 5.32 Å². The molecular formula is C15H23NO5. The molecule has 0 aromatic carbocycles. The summed E-state index contributed by atoms with van der Waals surface area (Å²) in [4.78, 5) is 23.1. The van der Waals surface area contributed by atoms with Gasteiger partial charge in [-0.15, -0.1) is 6.42 Å². The Morgan fingerprint density at radius 2 is 2.10 bits per heavy atom. The Hall–Kier alpha value is -1.74. The Labute approximate surface area is 125 Å². The van der Waals surface area contributed by atoms with Gasteiger partial charge in [0.1, 0.15) is 12.6 Å². The molecule has 1 aliphatic carbocycles. The van der Waals surface area contributed by atoms with Crippen LogP contribution in [-0.2, 0) is 19.0 Å². The highest BCUT2D eigenvalue weighted by Gasteiger charge is 2.33. The van der Waals surface area contributed by atoms with E-state index in [-0.39, 0.29) is 19.3 Å². The molecule has 1 amide bonds. The van der Waals surface area contributed by atoms with Gasteiger partial charge in [0, 0.05) is 0 Å². The number of hydrogen-bond donors (Lipinski definition) is 1. The fourth-order valence-corrected chi connectivity index (χ4v) is 2.10. The van der Waals surface area contributed by atoms with Crippen molar-refractivity contribution in [1.29, 1.82) is 0 Å². The molecule has 0 aliphatic heterocycles. The molecule has 1 rings (SSSR count). The van der Waals surface area contributed by atoms with Crippen molar-refractivity contribution < 1.29 is 23.8 Å². The summed E-state index contributed by atoms with van der Waals surface area (Å²) in [5.41, 5.74) is 0. The van der Waals surface area contributed by atoms with E-state index in [0.29, 0.717) is 18.8 Å². The molecule has 118 valence electrons. The van der Waals surface area contributed by atoms with Crippen LogP contribution in [0.4, 0.5) is 4.79 Å². The number of terminal acetylenes is 1. The molecule has 6 nitrogen and oxygen atoms in total. The minimum atomic E-state index is -0.729. The van der Waals surface area contributed by atoms with Crippen molar-refractivity contribution in [1.82, 2.24) is 5.32 Å². The first-order valence-electron chi connectivity index (χ1n) is 7.18. The monoisotopic (exact) mass is 297 g/mol. The zero-order valence-corrected chi connectivity index (χ0v) is 12.6. The van der Waals surface area contributed by atoms with E-state index < -0.39 is 18.1 Å². The Morgan fingerprint density at radius 1 is 1.38 bits per heavy atom. The van der Waals surface area contributed by atoms with E-state index in [1.54, 1.807) is 6.92 Å². The SMILES string of the molecule is C#CCO[C@H](CCC(NC(=O)OC)C(=O)OCC)C1CC1. The largest absolute Gasteiger partial charge is 0.464 e. The molecule has 0 bridgehead atoms. The predicted octanol–water partition coefficient (Wildman–Crippen LogP) is 1.48. The third-order valence-corrected chi connectivity index (χ3v) is 3.32. The fourth-order valence-electron chi connectivity index (χ4n) is 2.10. The average Bonchev–Trinajstić information content (AvgIpc) is 3.30. The van der Waals surface area contributed by atoms with Gasteiger partial charge in [0.05, 0.1) is 19.8 Å². The van der Waals surface area contributed by atoms with Crippen molar-refractivity contribution in [2.45, 2.75) is 44.8 Å². The third kappa shape index (κ3) is 6.50. The summed E-state index contributed by atoms with van der Waals surface area (Å²) in [5, 5.41) is 2.49. The lowest BCUT2D eigenvalue weighted by Crippen LogP contribution is -2.42. The highest BCUT2D eigenvalue weighted by molar-refractivity contribution is 5.81. The van der Waals surface area contributed by atoms with Crippen LogP contribution in [0.1, 0.15) is 32.6 Å². The van der Waals surface area contributed by atoms with Gasteiger partial charge in [-0.05, 0) is 38.5 Å². The second kappa shape index (κ2) is 9.24. The maximum atomic E-state index is 11.8. The van der Waals surface area contributed by atoms with Crippen LogP contribution in [-0.4, -0.2) is 44.5 Å². The minimum Gasteiger partial charge on any atom is -0.464 e. The van der Waals surface area contributed by atoms with Gasteiger partial charge in [0.15, 0.2) is 0 Å². The summed E-state index contributed by atoms with van der Waals surface area (Å²) in [5.74, 6) is 2.49. The second-order valence-corrected chi connectivity index (χ2v) is 4.91. The van der Waals surface area contributed by atoms with Crippen molar-refractivity contribution in [3.8, 4) is 12.3 Å². The van der Waals surface area contributed by atoms with Gasteiger partial charge in [-0.1, -0.05) is 5.92 Å². The van der Waals surface area contributed by atoms with Crippen molar-refractivity contribution in [2.75, 3.05) is 20.3 Å². The van der Waals surface area contributed by atoms with E-state index in [4.69, 9.17) is 15.9 Å². The smallest absolute Gasteiger partial charge is 0.407 e. The summed E-state index contributed by atoms with van der Waals surface area (Å²) in [6.45, 7) is 2.24. The normalized spacial score (nSPS) is 16.4.